The van der Waals surface area contributed by atoms with Gasteiger partial charge in [-0.3, -0.25) is 0 Å². The van der Waals surface area contributed by atoms with Crippen LogP contribution >= 0.6 is 0 Å². The minimum Gasteiger partial charge on any atom is -0.358 e. The zero-order valence-electron chi connectivity index (χ0n) is 8.96. The lowest BCUT2D eigenvalue weighted by atomic mass is 10.1. The largest absolute Gasteiger partial charge is 0.358 e. The monoisotopic (exact) mass is 216 g/mol. The van der Waals surface area contributed by atoms with E-state index in [1.54, 1.807) is 16.8 Å². The highest BCUT2D eigenvalue weighted by Crippen LogP contribution is 2.14. The molecule has 0 aliphatic heterocycles. The van der Waals surface area contributed by atoms with E-state index in [2.05, 4.69) is 0 Å². The topological polar surface area (TPSA) is 48.1 Å². The Morgan fingerprint density at radius 2 is 1.94 bits per heavy atom. The Hall–Kier alpha value is -2.10. The van der Waals surface area contributed by atoms with Gasteiger partial charge in [-0.25, -0.2) is 4.57 Å². The first-order chi connectivity index (χ1) is 7.66. The van der Waals surface area contributed by atoms with E-state index in [0.717, 1.165) is 5.56 Å². The van der Waals surface area contributed by atoms with Crippen LogP contribution in [0.2, 0.25) is 0 Å². The molecule has 0 aliphatic carbocycles. The van der Waals surface area contributed by atoms with Gasteiger partial charge in [-0.05, 0) is 23.5 Å². The molecular formula is C12H12N2O2. The highest BCUT2D eigenvalue weighted by molar-refractivity contribution is 5.26. The summed E-state index contributed by atoms with van der Waals surface area (Å²) in [6.07, 6.45) is 1.72. The Balaban J connectivity index is 2.23. The van der Waals surface area contributed by atoms with Crippen LogP contribution in [0, 0.1) is 17.0 Å². The molecule has 16 heavy (non-hydrogen) atoms. The standard InChI is InChI=1S/C12H12N2O2/c1-10-4-6-11(7-5-10)9-13-8-2-3-12(13)14(15)16/h2-8H,9H2,1H3. The maximum atomic E-state index is 10.7. The van der Waals surface area contributed by atoms with Crippen molar-refractivity contribution in [3.63, 3.8) is 0 Å². The van der Waals surface area contributed by atoms with Crippen molar-refractivity contribution >= 4 is 5.82 Å². The summed E-state index contributed by atoms with van der Waals surface area (Å²) >= 11 is 0. The van der Waals surface area contributed by atoms with Crippen LogP contribution in [0.25, 0.3) is 0 Å². The summed E-state index contributed by atoms with van der Waals surface area (Å²) in [4.78, 5) is 10.3. The van der Waals surface area contributed by atoms with E-state index >= 15 is 0 Å². The summed E-state index contributed by atoms with van der Waals surface area (Å²) < 4.78 is 1.63. The predicted molar refractivity (Wildman–Crippen MR) is 61.4 cm³/mol. The first kappa shape index (κ1) is 10.4. The molecule has 0 saturated carbocycles. The molecule has 1 heterocycles. The first-order valence-corrected chi connectivity index (χ1v) is 5.02. The molecule has 0 saturated heterocycles. The third-order valence-electron chi connectivity index (χ3n) is 2.47. The summed E-state index contributed by atoms with van der Waals surface area (Å²) in [7, 11) is 0. The van der Waals surface area contributed by atoms with E-state index in [9.17, 15) is 10.1 Å². The maximum Gasteiger partial charge on any atom is 0.323 e. The lowest BCUT2D eigenvalue weighted by Crippen LogP contribution is -2.02. The Morgan fingerprint density at radius 3 is 2.56 bits per heavy atom. The van der Waals surface area contributed by atoms with Crippen LogP contribution < -0.4 is 0 Å². The normalized spacial score (nSPS) is 10.3. The lowest BCUT2D eigenvalue weighted by molar-refractivity contribution is -0.391. The number of aryl methyl sites for hydroxylation is 1. The number of nitro groups is 1. The summed E-state index contributed by atoms with van der Waals surface area (Å²) in [5, 5.41) is 10.7. The van der Waals surface area contributed by atoms with Crippen LogP contribution in [0.1, 0.15) is 11.1 Å². The molecule has 4 heteroatoms. The lowest BCUT2D eigenvalue weighted by Gasteiger charge is -2.02. The molecule has 0 radical (unpaired) electrons. The number of hydrogen-bond acceptors (Lipinski definition) is 2. The van der Waals surface area contributed by atoms with Gasteiger partial charge in [0.25, 0.3) is 0 Å². The average molecular weight is 216 g/mol. The minimum atomic E-state index is -0.367. The highest BCUT2D eigenvalue weighted by atomic mass is 16.6. The summed E-state index contributed by atoms with van der Waals surface area (Å²) in [6, 6.07) is 11.2. The van der Waals surface area contributed by atoms with Gasteiger partial charge < -0.3 is 10.1 Å². The molecule has 82 valence electrons. The summed E-state index contributed by atoms with van der Waals surface area (Å²) in [6.45, 7) is 2.55. The molecular weight excluding hydrogens is 204 g/mol. The number of nitrogens with zero attached hydrogens (tertiary/aromatic N) is 2. The average Bonchev–Trinajstić information content (AvgIpc) is 2.69. The molecule has 1 aromatic heterocycles. The van der Waals surface area contributed by atoms with E-state index in [0.29, 0.717) is 6.54 Å². The zero-order valence-corrected chi connectivity index (χ0v) is 8.96. The fraction of sp³-hybridized carbons (Fsp3) is 0.167. The van der Waals surface area contributed by atoms with Crippen LogP contribution in [0.15, 0.2) is 42.6 Å². The maximum absolute atomic E-state index is 10.7. The smallest absolute Gasteiger partial charge is 0.323 e. The summed E-state index contributed by atoms with van der Waals surface area (Å²) in [5.74, 6) is 0.126. The van der Waals surface area contributed by atoms with Gasteiger partial charge in [-0.15, -0.1) is 0 Å². The molecule has 0 amide bonds. The highest BCUT2D eigenvalue weighted by Gasteiger charge is 2.11. The fourth-order valence-electron chi connectivity index (χ4n) is 1.59. The molecule has 0 unspecified atom stereocenters. The Kier molecular flexibility index (Phi) is 2.72. The minimum absolute atomic E-state index is 0.126. The molecule has 0 bridgehead atoms. The van der Waals surface area contributed by atoms with Gasteiger partial charge in [0.2, 0.25) is 0 Å². The van der Waals surface area contributed by atoms with Gasteiger partial charge in [0.1, 0.15) is 6.54 Å². The second-order valence-corrected chi connectivity index (χ2v) is 3.74. The molecule has 2 rings (SSSR count). The van der Waals surface area contributed by atoms with Gasteiger partial charge in [-0.2, -0.15) is 0 Å². The molecule has 0 spiro atoms. The van der Waals surface area contributed by atoms with Crippen molar-refractivity contribution in [3.05, 3.63) is 63.8 Å². The van der Waals surface area contributed by atoms with Crippen LogP contribution in [-0.4, -0.2) is 9.49 Å². The van der Waals surface area contributed by atoms with Crippen molar-refractivity contribution in [2.75, 3.05) is 0 Å². The SMILES string of the molecule is Cc1ccc(Cn2cccc2[N+](=O)[O-])cc1. The number of benzene rings is 1. The fourth-order valence-corrected chi connectivity index (χ4v) is 1.59. The molecule has 0 aliphatic rings. The molecule has 0 atom stereocenters. The Labute approximate surface area is 93.3 Å². The molecule has 1 aromatic carbocycles. The van der Waals surface area contributed by atoms with Crippen molar-refractivity contribution < 1.29 is 4.92 Å². The summed E-state index contributed by atoms with van der Waals surface area (Å²) in [5.41, 5.74) is 2.25. The number of hydrogen-bond donors (Lipinski definition) is 0. The second kappa shape index (κ2) is 4.18. The van der Waals surface area contributed by atoms with E-state index in [1.165, 1.54) is 11.6 Å². The molecule has 2 aromatic rings. The van der Waals surface area contributed by atoms with Crippen molar-refractivity contribution in [1.29, 1.82) is 0 Å². The third-order valence-corrected chi connectivity index (χ3v) is 2.47. The molecule has 0 fully saturated rings. The number of aromatic nitrogens is 1. The molecule has 4 nitrogen and oxygen atoms in total. The van der Waals surface area contributed by atoms with Gasteiger partial charge in [-0.1, -0.05) is 29.8 Å². The Bertz CT molecular complexity index is 500. The van der Waals surface area contributed by atoms with Crippen LogP contribution in [0.4, 0.5) is 5.82 Å². The van der Waals surface area contributed by atoms with Crippen molar-refractivity contribution in [1.82, 2.24) is 4.57 Å². The predicted octanol–water partition coefficient (Wildman–Crippen LogP) is 2.75. The van der Waals surface area contributed by atoms with Crippen molar-refractivity contribution in [2.24, 2.45) is 0 Å². The van der Waals surface area contributed by atoms with Gasteiger partial charge in [0.15, 0.2) is 0 Å². The Morgan fingerprint density at radius 1 is 1.25 bits per heavy atom. The first-order valence-electron chi connectivity index (χ1n) is 5.02. The van der Waals surface area contributed by atoms with E-state index in [1.807, 2.05) is 31.2 Å². The quantitative estimate of drug-likeness (QED) is 0.585. The van der Waals surface area contributed by atoms with Crippen LogP contribution in [0.5, 0.6) is 0 Å². The van der Waals surface area contributed by atoms with Crippen molar-refractivity contribution in [3.8, 4) is 0 Å². The van der Waals surface area contributed by atoms with Gasteiger partial charge in [0.05, 0.1) is 6.20 Å². The van der Waals surface area contributed by atoms with Gasteiger partial charge >= 0.3 is 5.82 Å². The number of rotatable bonds is 3. The molecule has 0 N–H and O–H groups in total. The van der Waals surface area contributed by atoms with Crippen LogP contribution in [0.3, 0.4) is 0 Å². The third kappa shape index (κ3) is 2.11. The second-order valence-electron chi connectivity index (χ2n) is 3.74. The van der Waals surface area contributed by atoms with Gasteiger partial charge in [0, 0.05) is 6.07 Å². The van der Waals surface area contributed by atoms with E-state index < -0.39 is 0 Å². The van der Waals surface area contributed by atoms with Crippen LogP contribution in [-0.2, 0) is 6.54 Å². The van der Waals surface area contributed by atoms with Crippen molar-refractivity contribution in [2.45, 2.75) is 13.5 Å². The zero-order chi connectivity index (χ0) is 11.5. The van der Waals surface area contributed by atoms with E-state index in [4.69, 9.17) is 0 Å². The van der Waals surface area contributed by atoms with E-state index in [-0.39, 0.29) is 10.7 Å².